The van der Waals surface area contributed by atoms with Crippen LogP contribution in [0.15, 0.2) is 47.5 Å². The van der Waals surface area contributed by atoms with E-state index in [1.807, 2.05) is 18.2 Å². The summed E-state index contributed by atoms with van der Waals surface area (Å²) in [6.45, 7) is 4.28. The minimum atomic E-state index is 0.711. The fraction of sp³-hybridized carbons (Fsp3) is 0.300. The smallest absolute Gasteiger partial charge is 0.250 e. The lowest BCUT2D eigenvalue weighted by molar-refractivity contribution is 0.416. The Balaban J connectivity index is 2.19. The van der Waals surface area contributed by atoms with Gasteiger partial charge in [-0.2, -0.15) is 0 Å². The minimum Gasteiger partial charge on any atom is -0.476 e. The summed E-state index contributed by atoms with van der Waals surface area (Å²) < 4.78 is 5.52. The van der Waals surface area contributed by atoms with Crippen molar-refractivity contribution >= 4 is 44.5 Å². The van der Waals surface area contributed by atoms with Gasteiger partial charge in [0.15, 0.2) is 0 Å². The lowest BCUT2D eigenvalue weighted by Gasteiger charge is -2.10. The summed E-state index contributed by atoms with van der Waals surface area (Å²) in [4.78, 5) is 9.63. The summed E-state index contributed by atoms with van der Waals surface area (Å²) in [6, 6.07) is 14.4. The first-order chi connectivity index (χ1) is 11.7. The molecule has 0 radical (unpaired) electrons. The van der Waals surface area contributed by atoms with E-state index >= 15 is 0 Å². The van der Waals surface area contributed by atoms with E-state index in [-0.39, 0.29) is 0 Å². The molecule has 1 aromatic heterocycles. The topological polar surface area (TPSA) is 34.5 Å². The van der Waals surface area contributed by atoms with Gasteiger partial charge in [-0.25, -0.2) is 9.98 Å². The fourth-order valence-electron chi connectivity index (χ4n) is 2.64. The highest BCUT2D eigenvalue weighted by molar-refractivity contribution is 8.13. The van der Waals surface area contributed by atoms with Crippen LogP contribution in [0.5, 0.6) is 0 Å². The second-order valence-corrected chi connectivity index (χ2v) is 6.83. The second kappa shape index (κ2) is 7.67. The number of methoxy groups -OCH3 is 1. The average molecular weight is 338 g/mol. The fourth-order valence-corrected chi connectivity index (χ4v) is 3.52. The molecule has 0 amide bonds. The van der Waals surface area contributed by atoms with Crippen LogP contribution in [-0.2, 0) is 4.74 Å². The zero-order chi connectivity index (χ0) is 16.9. The van der Waals surface area contributed by atoms with Gasteiger partial charge < -0.3 is 4.74 Å². The SMILES string of the molecule is CCCCSC(=Nc1c2ccccc2nc2ccc(C)cc12)OC. The molecule has 24 heavy (non-hydrogen) atoms. The number of fused-ring (bicyclic) bond motifs is 2. The highest BCUT2D eigenvalue weighted by Gasteiger charge is 2.10. The van der Waals surface area contributed by atoms with Crippen molar-refractivity contribution < 1.29 is 4.74 Å². The van der Waals surface area contributed by atoms with E-state index in [1.54, 1.807) is 18.9 Å². The van der Waals surface area contributed by atoms with Crippen LogP contribution in [0, 0.1) is 6.92 Å². The predicted molar refractivity (Wildman–Crippen MR) is 105 cm³/mol. The molecule has 0 bridgehead atoms. The normalized spacial score (nSPS) is 12.0. The standard InChI is InChI=1S/C20H22N2OS/c1-4-5-12-24-20(23-3)22-19-15-8-6-7-9-17(15)21-18-11-10-14(2)13-16(18)19/h6-11,13H,4-5,12H2,1-3H3. The van der Waals surface area contributed by atoms with Gasteiger partial charge >= 0.3 is 0 Å². The maximum absolute atomic E-state index is 5.52. The Labute approximate surface area is 147 Å². The Morgan fingerprint density at radius 2 is 1.92 bits per heavy atom. The molecule has 2 aromatic carbocycles. The number of thioether (sulfide) groups is 1. The van der Waals surface area contributed by atoms with Gasteiger partial charge in [-0.1, -0.05) is 54.9 Å². The number of rotatable bonds is 4. The third-order valence-electron chi connectivity index (χ3n) is 3.91. The number of benzene rings is 2. The summed E-state index contributed by atoms with van der Waals surface area (Å²) in [6.07, 6.45) is 2.33. The number of unbranched alkanes of at least 4 members (excludes halogenated alkanes) is 1. The number of hydrogen-bond donors (Lipinski definition) is 0. The highest BCUT2D eigenvalue weighted by Crippen LogP contribution is 2.34. The van der Waals surface area contributed by atoms with E-state index < -0.39 is 0 Å². The number of pyridine rings is 1. The second-order valence-electron chi connectivity index (χ2n) is 5.78. The van der Waals surface area contributed by atoms with Crippen molar-refractivity contribution in [3.63, 3.8) is 0 Å². The predicted octanol–water partition coefficient (Wildman–Crippen LogP) is 5.86. The summed E-state index contributed by atoms with van der Waals surface area (Å²) in [5, 5.41) is 2.84. The van der Waals surface area contributed by atoms with Crippen molar-refractivity contribution in [3.05, 3.63) is 48.0 Å². The molecule has 0 saturated heterocycles. The van der Waals surface area contributed by atoms with E-state index in [9.17, 15) is 0 Å². The molecule has 0 unspecified atom stereocenters. The Morgan fingerprint density at radius 3 is 2.71 bits per heavy atom. The summed E-state index contributed by atoms with van der Waals surface area (Å²) in [5.41, 5.74) is 4.07. The van der Waals surface area contributed by atoms with Crippen molar-refractivity contribution in [2.45, 2.75) is 26.7 Å². The molecular formula is C20H22N2OS. The van der Waals surface area contributed by atoms with Crippen LogP contribution in [0.25, 0.3) is 21.8 Å². The van der Waals surface area contributed by atoms with Crippen LogP contribution < -0.4 is 0 Å². The first-order valence-electron chi connectivity index (χ1n) is 8.27. The Bertz CT molecular complexity index is 889. The molecule has 0 aliphatic rings. The van der Waals surface area contributed by atoms with Crippen molar-refractivity contribution in [1.82, 2.24) is 4.98 Å². The van der Waals surface area contributed by atoms with E-state index in [0.29, 0.717) is 5.23 Å². The zero-order valence-corrected chi connectivity index (χ0v) is 15.2. The maximum Gasteiger partial charge on any atom is 0.250 e. The van der Waals surface area contributed by atoms with Gasteiger partial charge in [-0.15, -0.1) is 0 Å². The number of aliphatic imine (C=N–C) groups is 1. The Morgan fingerprint density at radius 1 is 1.12 bits per heavy atom. The molecule has 0 aliphatic carbocycles. The molecule has 0 N–H and O–H groups in total. The first kappa shape index (κ1) is 16.8. The minimum absolute atomic E-state index is 0.711. The molecule has 1 heterocycles. The van der Waals surface area contributed by atoms with E-state index in [2.05, 4.69) is 38.1 Å². The quantitative estimate of drug-likeness (QED) is 0.258. The summed E-state index contributed by atoms with van der Waals surface area (Å²) in [7, 11) is 1.69. The van der Waals surface area contributed by atoms with E-state index in [4.69, 9.17) is 14.7 Å². The van der Waals surface area contributed by atoms with Crippen molar-refractivity contribution in [1.29, 1.82) is 0 Å². The molecule has 0 atom stereocenters. The van der Waals surface area contributed by atoms with Crippen LogP contribution in [-0.4, -0.2) is 23.1 Å². The molecule has 3 rings (SSSR count). The highest BCUT2D eigenvalue weighted by atomic mass is 32.2. The molecule has 0 spiro atoms. The van der Waals surface area contributed by atoms with Gasteiger partial charge in [0.25, 0.3) is 5.23 Å². The molecular weight excluding hydrogens is 316 g/mol. The number of aryl methyl sites for hydroxylation is 1. The molecule has 3 aromatic rings. The average Bonchev–Trinajstić information content (AvgIpc) is 2.60. The van der Waals surface area contributed by atoms with Crippen LogP contribution in [0.3, 0.4) is 0 Å². The van der Waals surface area contributed by atoms with Gasteiger partial charge in [0.1, 0.15) is 0 Å². The summed E-state index contributed by atoms with van der Waals surface area (Å²) in [5.74, 6) is 1.02. The van der Waals surface area contributed by atoms with Gasteiger partial charge in [-0.3, -0.25) is 0 Å². The van der Waals surface area contributed by atoms with Crippen molar-refractivity contribution in [3.8, 4) is 0 Å². The molecule has 4 heteroatoms. The molecule has 0 fully saturated rings. The van der Waals surface area contributed by atoms with Crippen LogP contribution in [0.4, 0.5) is 5.69 Å². The van der Waals surface area contributed by atoms with Gasteiger partial charge in [0, 0.05) is 16.5 Å². The first-order valence-corrected chi connectivity index (χ1v) is 9.26. The number of nitrogens with zero attached hydrogens (tertiary/aromatic N) is 2. The van der Waals surface area contributed by atoms with E-state index in [1.165, 1.54) is 12.0 Å². The van der Waals surface area contributed by atoms with Gasteiger partial charge in [0.2, 0.25) is 0 Å². The lowest BCUT2D eigenvalue weighted by atomic mass is 10.1. The molecule has 124 valence electrons. The number of para-hydroxylation sites is 1. The third kappa shape index (κ3) is 3.54. The largest absolute Gasteiger partial charge is 0.476 e. The van der Waals surface area contributed by atoms with Crippen LogP contribution >= 0.6 is 11.8 Å². The van der Waals surface area contributed by atoms with Gasteiger partial charge in [0.05, 0.1) is 23.8 Å². The number of ether oxygens (including phenoxy) is 1. The van der Waals surface area contributed by atoms with Crippen LogP contribution in [0.2, 0.25) is 0 Å². The molecule has 0 saturated carbocycles. The maximum atomic E-state index is 5.52. The Kier molecular flexibility index (Phi) is 5.36. The number of hydrogen-bond acceptors (Lipinski definition) is 4. The Hall–Kier alpha value is -2.07. The zero-order valence-electron chi connectivity index (χ0n) is 14.4. The number of aromatic nitrogens is 1. The van der Waals surface area contributed by atoms with Crippen molar-refractivity contribution in [2.75, 3.05) is 12.9 Å². The van der Waals surface area contributed by atoms with E-state index in [0.717, 1.165) is 39.7 Å². The summed E-state index contributed by atoms with van der Waals surface area (Å²) >= 11 is 1.67. The molecule has 0 aliphatic heterocycles. The molecule has 3 nitrogen and oxygen atoms in total. The monoisotopic (exact) mass is 338 g/mol. The third-order valence-corrected chi connectivity index (χ3v) is 4.91. The van der Waals surface area contributed by atoms with Crippen LogP contribution in [0.1, 0.15) is 25.3 Å². The van der Waals surface area contributed by atoms with Gasteiger partial charge in [-0.05, 0) is 31.5 Å². The lowest BCUT2D eigenvalue weighted by Crippen LogP contribution is -1.97. The van der Waals surface area contributed by atoms with Crippen molar-refractivity contribution in [2.24, 2.45) is 4.99 Å².